The summed E-state index contributed by atoms with van der Waals surface area (Å²) in [5.74, 6) is 0.119. The normalized spacial score (nSPS) is 14.9. The summed E-state index contributed by atoms with van der Waals surface area (Å²) in [6.45, 7) is 9.73. The Morgan fingerprint density at radius 1 is 1.08 bits per heavy atom. The minimum atomic E-state index is -0.289. The zero-order chi connectivity index (χ0) is 18.2. The molecule has 138 valence electrons. The summed E-state index contributed by atoms with van der Waals surface area (Å²) in [5.41, 5.74) is 1.20. The first-order chi connectivity index (χ1) is 12.0. The van der Waals surface area contributed by atoms with Crippen LogP contribution in [0.5, 0.6) is 0 Å². The molecule has 0 radical (unpaired) electrons. The van der Waals surface area contributed by atoms with Gasteiger partial charge < -0.3 is 14.5 Å². The number of carbonyl (C=O) groups excluding carboxylic acids is 2. The summed E-state index contributed by atoms with van der Waals surface area (Å²) in [6, 6.07) is 10.5. The van der Waals surface area contributed by atoms with Crippen LogP contribution in [0.25, 0.3) is 0 Å². The Bertz CT molecular complexity index is 554. The Morgan fingerprint density at radius 3 is 2.24 bits per heavy atom. The molecule has 0 aromatic heterocycles. The molecule has 1 fully saturated rings. The van der Waals surface area contributed by atoms with E-state index in [2.05, 4.69) is 30.9 Å². The molecule has 0 atom stereocenters. The number of nitrogens with zero attached hydrogens (tertiary/aromatic N) is 3. The third-order valence-electron chi connectivity index (χ3n) is 4.46. The van der Waals surface area contributed by atoms with E-state index >= 15 is 0 Å². The standard InChI is InChI=1S/C19H29N3O3/c1-4-25-19(24)21-12-10-20(11-13-21)18(23)15-22(16(2)3)14-17-8-6-5-7-9-17/h5-9,16H,4,10-15H2,1-3H3. The highest BCUT2D eigenvalue weighted by atomic mass is 16.6. The van der Waals surface area contributed by atoms with Gasteiger partial charge in [-0.1, -0.05) is 30.3 Å². The van der Waals surface area contributed by atoms with Gasteiger partial charge in [-0.05, 0) is 26.3 Å². The van der Waals surface area contributed by atoms with Crippen LogP contribution in [0.3, 0.4) is 0 Å². The Morgan fingerprint density at radius 2 is 1.68 bits per heavy atom. The van der Waals surface area contributed by atoms with E-state index in [9.17, 15) is 9.59 Å². The first-order valence-electron chi connectivity index (χ1n) is 8.98. The molecule has 0 aliphatic carbocycles. The van der Waals surface area contributed by atoms with Gasteiger partial charge in [0.2, 0.25) is 5.91 Å². The average Bonchev–Trinajstić information content (AvgIpc) is 2.62. The summed E-state index contributed by atoms with van der Waals surface area (Å²) >= 11 is 0. The largest absolute Gasteiger partial charge is 0.450 e. The highest BCUT2D eigenvalue weighted by molar-refractivity contribution is 5.78. The Balaban J connectivity index is 1.86. The molecule has 6 nitrogen and oxygen atoms in total. The quantitative estimate of drug-likeness (QED) is 0.792. The number of amides is 2. The van der Waals surface area contributed by atoms with Crippen molar-refractivity contribution < 1.29 is 14.3 Å². The summed E-state index contributed by atoms with van der Waals surface area (Å²) in [5, 5.41) is 0. The molecule has 1 aromatic carbocycles. The monoisotopic (exact) mass is 347 g/mol. The number of benzene rings is 1. The third kappa shape index (κ3) is 5.74. The van der Waals surface area contributed by atoms with Gasteiger partial charge in [0.15, 0.2) is 0 Å². The Labute approximate surface area is 150 Å². The lowest BCUT2D eigenvalue weighted by Gasteiger charge is -2.36. The van der Waals surface area contributed by atoms with Crippen LogP contribution in [0.15, 0.2) is 30.3 Å². The smallest absolute Gasteiger partial charge is 0.409 e. The van der Waals surface area contributed by atoms with Crippen LogP contribution in [0.4, 0.5) is 4.79 Å². The van der Waals surface area contributed by atoms with E-state index in [0.717, 1.165) is 6.54 Å². The van der Waals surface area contributed by atoms with Crippen LogP contribution in [0.2, 0.25) is 0 Å². The van der Waals surface area contributed by atoms with Gasteiger partial charge in [-0.25, -0.2) is 4.79 Å². The Kier molecular flexibility index (Phi) is 7.25. The highest BCUT2D eigenvalue weighted by Gasteiger charge is 2.26. The second-order valence-corrected chi connectivity index (χ2v) is 6.55. The van der Waals surface area contributed by atoms with Crippen molar-refractivity contribution in [3.05, 3.63) is 35.9 Å². The maximum Gasteiger partial charge on any atom is 0.409 e. The molecule has 0 bridgehead atoms. The number of ether oxygens (including phenoxy) is 1. The molecule has 1 aromatic rings. The molecule has 6 heteroatoms. The first kappa shape index (κ1) is 19.2. The lowest BCUT2D eigenvalue weighted by Crippen LogP contribution is -2.53. The molecule has 1 saturated heterocycles. The average molecular weight is 347 g/mol. The number of carbonyl (C=O) groups is 2. The van der Waals surface area contributed by atoms with Crippen molar-refractivity contribution in [2.24, 2.45) is 0 Å². The van der Waals surface area contributed by atoms with E-state index in [1.807, 2.05) is 23.1 Å². The fraction of sp³-hybridized carbons (Fsp3) is 0.579. The van der Waals surface area contributed by atoms with Crippen LogP contribution in [0, 0.1) is 0 Å². The van der Waals surface area contributed by atoms with Gasteiger partial charge >= 0.3 is 6.09 Å². The van der Waals surface area contributed by atoms with Gasteiger partial charge in [0.1, 0.15) is 0 Å². The molecular formula is C19H29N3O3. The molecule has 0 unspecified atom stereocenters. The maximum absolute atomic E-state index is 12.7. The van der Waals surface area contributed by atoms with Crippen LogP contribution in [-0.2, 0) is 16.1 Å². The van der Waals surface area contributed by atoms with Crippen molar-refractivity contribution in [1.29, 1.82) is 0 Å². The maximum atomic E-state index is 12.7. The van der Waals surface area contributed by atoms with Crippen LogP contribution in [0.1, 0.15) is 26.3 Å². The molecule has 0 N–H and O–H groups in total. The van der Waals surface area contributed by atoms with Crippen LogP contribution >= 0.6 is 0 Å². The molecular weight excluding hydrogens is 318 g/mol. The second-order valence-electron chi connectivity index (χ2n) is 6.55. The molecule has 25 heavy (non-hydrogen) atoms. The zero-order valence-electron chi connectivity index (χ0n) is 15.5. The molecule has 1 aliphatic rings. The third-order valence-corrected chi connectivity index (χ3v) is 4.46. The van der Waals surface area contributed by atoms with E-state index < -0.39 is 0 Å². The van der Waals surface area contributed by atoms with E-state index in [-0.39, 0.29) is 18.0 Å². The highest BCUT2D eigenvalue weighted by Crippen LogP contribution is 2.10. The van der Waals surface area contributed by atoms with Crippen molar-refractivity contribution in [3.8, 4) is 0 Å². The molecule has 0 saturated carbocycles. The van der Waals surface area contributed by atoms with E-state index in [0.29, 0.717) is 39.3 Å². The van der Waals surface area contributed by atoms with Gasteiger partial charge in [-0.2, -0.15) is 0 Å². The van der Waals surface area contributed by atoms with Crippen LogP contribution in [-0.4, -0.2) is 72.1 Å². The van der Waals surface area contributed by atoms with Crippen molar-refractivity contribution >= 4 is 12.0 Å². The summed E-state index contributed by atoms with van der Waals surface area (Å²) in [4.78, 5) is 30.1. The number of piperazine rings is 1. The van der Waals surface area contributed by atoms with E-state index in [4.69, 9.17) is 4.74 Å². The fourth-order valence-corrected chi connectivity index (χ4v) is 2.87. The molecule has 0 spiro atoms. The van der Waals surface area contributed by atoms with Crippen molar-refractivity contribution in [1.82, 2.24) is 14.7 Å². The van der Waals surface area contributed by atoms with Gasteiger partial charge in [0, 0.05) is 38.8 Å². The first-order valence-corrected chi connectivity index (χ1v) is 8.98. The van der Waals surface area contributed by atoms with Gasteiger partial charge in [-0.3, -0.25) is 9.69 Å². The summed E-state index contributed by atoms with van der Waals surface area (Å²) < 4.78 is 5.01. The summed E-state index contributed by atoms with van der Waals surface area (Å²) in [7, 11) is 0. The topological polar surface area (TPSA) is 53.1 Å². The molecule has 1 aliphatic heterocycles. The van der Waals surface area contributed by atoms with E-state index in [1.165, 1.54) is 5.56 Å². The summed E-state index contributed by atoms with van der Waals surface area (Å²) in [6.07, 6.45) is -0.289. The zero-order valence-corrected chi connectivity index (χ0v) is 15.5. The molecule has 1 heterocycles. The lowest BCUT2D eigenvalue weighted by molar-refractivity contribution is -0.134. The van der Waals surface area contributed by atoms with Crippen molar-refractivity contribution in [3.63, 3.8) is 0 Å². The van der Waals surface area contributed by atoms with Gasteiger partial charge in [0.25, 0.3) is 0 Å². The predicted molar refractivity (Wildman–Crippen MR) is 97.2 cm³/mol. The molecule has 2 amide bonds. The Hall–Kier alpha value is -2.08. The molecule has 2 rings (SSSR count). The van der Waals surface area contributed by atoms with Crippen molar-refractivity contribution in [2.75, 3.05) is 39.3 Å². The minimum Gasteiger partial charge on any atom is -0.450 e. The number of hydrogen-bond donors (Lipinski definition) is 0. The predicted octanol–water partition coefficient (Wildman–Crippen LogP) is 2.20. The second kappa shape index (κ2) is 9.42. The van der Waals surface area contributed by atoms with E-state index in [1.54, 1.807) is 11.8 Å². The fourth-order valence-electron chi connectivity index (χ4n) is 2.87. The SMILES string of the molecule is CCOC(=O)N1CCN(C(=O)CN(Cc2ccccc2)C(C)C)CC1. The van der Waals surface area contributed by atoms with Gasteiger partial charge in [0.05, 0.1) is 13.2 Å². The number of rotatable bonds is 6. The number of hydrogen-bond acceptors (Lipinski definition) is 4. The van der Waals surface area contributed by atoms with Crippen LogP contribution < -0.4 is 0 Å². The minimum absolute atomic E-state index is 0.119. The van der Waals surface area contributed by atoms with Crippen molar-refractivity contribution in [2.45, 2.75) is 33.4 Å². The van der Waals surface area contributed by atoms with Gasteiger partial charge in [-0.15, -0.1) is 0 Å². The lowest BCUT2D eigenvalue weighted by atomic mass is 10.2.